The minimum atomic E-state index is -0.0415. The van der Waals surface area contributed by atoms with Gasteiger partial charge in [-0.2, -0.15) is 5.10 Å². The van der Waals surface area contributed by atoms with E-state index in [4.69, 9.17) is 5.11 Å². The van der Waals surface area contributed by atoms with Crippen molar-refractivity contribution in [3.8, 4) is 0 Å². The lowest BCUT2D eigenvalue weighted by molar-refractivity contribution is 0.0430. The molecule has 1 aromatic heterocycles. The van der Waals surface area contributed by atoms with E-state index >= 15 is 0 Å². The van der Waals surface area contributed by atoms with Crippen LogP contribution in [-0.2, 0) is 13.6 Å². The minimum absolute atomic E-state index is 0.0415. The van der Waals surface area contributed by atoms with Crippen molar-refractivity contribution in [3.63, 3.8) is 0 Å². The van der Waals surface area contributed by atoms with Crippen molar-refractivity contribution in [1.29, 1.82) is 0 Å². The third-order valence-electron chi connectivity index (χ3n) is 2.73. The number of nitrogens with zero attached hydrogens (tertiary/aromatic N) is 2. The first-order valence-electron chi connectivity index (χ1n) is 5.10. The van der Waals surface area contributed by atoms with E-state index < -0.39 is 0 Å². The monoisotopic (exact) mass is 195 g/mol. The van der Waals surface area contributed by atoms with Crippen LogP contribution in [0.2, 0.25) is 0 Å². The topological polar surface area (TPSA) is 50.1 Å². The molecule has 1 saturated carbocycles. The summed E-state index contributed by atoms with van der Waals surface area (Å²) >= 11 is 0. The van der Waals surface area contributed by atoms with Gasteiger partial charge in [-0.3, -0.25) is 4.68 Å². The van der Waals surface area contributed by atoms with E-state index in [2.05, 4.69) is 10.4 Å². The lowest BCUT2D eigenvalue weighted by Crippen LogP contribution is -2.35. The molecular formula is C10H17N3O. The number of aliphatic hydroxyl groups excluding tert-OH is 1. The summed E-state index contributed by atoms with van der Waals surface area (Å²) in [6.07, 6.45) is 5.77. The van der Waals surface area contributed by atoms with Crippen LogP contribution < -0.4 is 5.32 Å². The van der Waals surface area contributed by atoms with E-state index in [9.17, 15) is 0 Å². The van der Waals surface area contributed by atoms with Crippen LogP contribution in [0.5, 0.6) is 0 Å². The van der Waals surface area contributed by atoms with Crippen LogP contribution >= 0.6 is 0 Å². The van der Waals surface area contributed by atoms with Crippen molar-refractivity contribution < 1.29 is 5.11 Å². The van der Waals surface area contributed by atoms with Gasteiger partial charge < -0.3 is 10.4 Å². The van der Waals surface area contributed by atoms with Gasteiger partial charge >= 0.3 is 0 Å². The molecule has 2 rings (SSSR count). The highest BCUT2D eigenvalue weighted by atomic mass is 16.3. The minimum Gasteiger partial charge on any atom is -0.393 e. The fourth-order valence-corrected chi connectivity index (χ4v) is 1.85. The largest absolute Gasteiger partial charge is 0.393 e. The molecule has 0 unspecified atom stereocenters. The number of aryl methyl sites for hydroxylation is 1. The number of nitrogens with one attached hydrogen (secondary N) is 1. The number of aromatic nitrogens is 2. The van der Waals surface area contributed by atoms with Crippen LogP contribution in [0.25, 0.3) is 0 Å². The van der Waals surface area contributed by atoms with Crippen molar-refractivity contribution in [1.82, 2.24) is 15.1 Å². The van der Waals surface area contributed by atoms with Gasteiger partial charge in [0.25, 0.3) is 0 Å². The molecule has 78 valence electrons. The zero-order chi connectivity index (χ0) is 9.97. The van der Waals surface area contributed by atoms with E-state index in [1.54, 1.807) is 0 Å². The van der Waals surface area contributed by atoms with Gasteiger partial charge in [-0.1, -0.05) is 0 Å². The summed E-state index contributed by atoms with van der Waals surface area (Å²) in [4.78, 5) is 0. The first kappa shape index (κ1) is 9.68. The highest BCUT2D eigenvalue weighted by molar-refractivity contribution is 5.02. The van der Waals surface area contributed by atoms with Crippen molar-refractivity contribution in [2.45, 2.75) is 25.5 Å². The maximum absolute atomic E-state index is 9.10. The molecule has 0 amide bonds. The van der Waals surface area contributed by atoms with Gasteiger partial charge in [0.2, 0.25) is 0 Å². The fraction of sp³-hybridized carbons (Fsp3) is 0.700. The summed E-state index contributed by atoms with van der Waals surface area (Å²) in [7, 11) is 1.92. The molecule has 14 heavy (non-hydrogen) atoms. The quantitative estimate of drug-likeness (QED) is 0.725. The Hall–Kier alpha value is -0.870. The Balaban J connectivity index is 1.63. The Morgan fingerprint density at radius 3 is 3.00 bits per heavy atom. The second-order valence-electron chi connectivity index (χ2n) is 4.14. The molecule has 0 atom stereocenters. The molecule has 1 fully saturated rings. The average Bonchev–Trinajstić information content (AvgIpc) is 2.48. The van der Waals surface area contributed by atoms with E-state index in [-0.39, 0.29) is 6.10 Å². The van der Waals surface area contributed by atoms with Crippen LogP contribution in [0, 0.1) is 5.92 Å². The van der Waals surface area contributed by atoms with Gasteiger partial charge in [0.05, 0.1) is 12.3 Å². The second-order valence-corrected chi connectivity index (χ2v) is 4.14. The normalized spacial score (nSPS) is 26.1. The molecule has 4 heteroatoms. The molecule has 1 aromatic rings. The molecular weight excluding hydrogens is 178 g/mol. The summed E-state index contributed by atoms with van der Waals surface area (Å²) in [5.41, 5.74) is 1.22. The highest BCUT2D eigenvalue weighted by Crippen LogP contribution is 2.26. The lowest BCUT2D eigenvalue weighted by atomic mass is 9.82. The van der Waals surface area contributed by atoms with Gasteiger partial charge in [-0.05, 0) is 25.3 Å². The van der Waals surface area contributed by atoms with Gasteiger partial charge in [0.1, 0.15) is 0 Å². The Morgan fingerprint density at radius 1 is 1.64 bits per heavy atom. The molecule has 1 aliphatic carbocycles. The summed E-state index contributed by atoms with van der Waals surface area (Å²) in [5, 5.41) is 16.6. The number of hydrogen-bond donors (Lipinski definition) is 2. The van der Waals surface area contributed by atoms with E-state index in [1.165, 1.54) is 5.56 Å². The molecule has 4 nitrogen and oxygen atoms in total. The molecule has 0 spiro atoms. The standard InChI is InChI=1S/C10H17N3O/c1-13-7-9(6-12-13)5-11-4-8-2-10(14)3-8/h6-8,10-11,14H,2-5H2,1H3. The molecule has 0 aliphatic heterocycles. The van der Waals surface area contributed by atoms with Gasteiger partial charge in [-0.15, -0.1) is 0 Å². The zero-order valence-corrected chi connectivity index (χ0v) is 8.48. The van der Waals surface area contributed by atoms with Gasteiger partial charge in [0.15, 0.2) is 0 Å². The van der Waals surface area contributed by atoms with E-state index in [1.807, 2.05) is 24.1 Å². The molecule has 0 bridgehead atoms. The van der Waals surface area contributed by atoms with E-state index in [0.29, 0.717) is 5.92 Å². The number of hydrogen-bond acceptors (Lipinski definition) is 3. The zero-order valence-electron chi connectivity index (χ0n) is 8.48. The molecule has 1 aliphatic rings. The van der Waals surface area contributed by atoms with Crippen LogP contribution in [0.4, 0.5) is 0 Å². The van der Waals surface area contributed by atoms with Crippen LogP contribution in [0.1, 0.15) is 18.4 Å². The summed E-state index contributed by atoms with van der Waals surface area (Å²) < 4.78 is 1.81. The SMILES string of the molecule is Cn1cc(CNCC2CC(O)C2)cn1. The predicted molar refractivity (Wildman–Crippen MR) is 53.6 cm³/mol. The maximum Gasteiger partial charge on any atom is 0.0546 e. The molecule has 0 aromatic carbocycles. The van der Waals surface area contributed by atoms with Gasteiger partial charge in [0, 0.05) is 25.4 Å². The maximum atomic E-state index is 9.10. The number of rotatable bonds is 4. The fourth-order valence-electron chi connectivity index (χ4n) is 1.85. The molecule has 2 N–H and O–H groups in total. The Morgan fingerprint density at radius 2 is 2.43 bits per heavy atom. The molecule has 1 heterocycles. The first-order chi connectivity index (χ1) is 6.74. The molecule has 0 radical (unpaired) electrons. The summed E-state index contributed by atoms with van der Waals surface area (Å²) in [6, 6.07) is 0. The van der Waals surface area contributed by atoms with Crippen LogP contribution in [0.3, 0.4) is 0 Å². The van der Waals surface area contributed by atoms with Crippen molar-refractivity contribution in [2.24, 2.45) is 13.0 Å². The number of aliphatic hydroxyl groups is 1. The Kier molecular flexibility index (Phi) is 2.84. The summed E-state index contributed by atoms with van der Waals surface area (Å²) in [5.74, 6) is 0.668. The van der Waals surface area contributed by atoms with Gasteiger partial charge in [-0.25, -0.2) is 0 Å². The third-order valence-corrected chi connectivity index (χ3v) is 2.73. The lowest BCUT2D eigenvalue weighted by Gasteiger charge is -2.31. The van der Waals surface area contributed by atoms with Crippen LogP contribution in [-0.4, -0.2) is 27.5 Å². The predicted octanol–water partition coefficient (Wildman–Crippen LogP) is 0.281. The highest BCUT2D eigenvalue weighted by Gasteiger charge is 2.26. The Labute approximate surface area is 83.9 Å². The van der Waals surface area contributed by atoms with Crippen molar-refractivity contribution >= 4 is 0 Å². The summed E-state index contributed by atoms with van der Waals surface area (Å²) in [6.45, 7) is 1.88. The third kappa shape index (κ3) is 2.33. The van der Waals surface area contributed by atoms with Crippen LogP contribution in [0.15, 0.2) is 12.4 Å². The smallest absolute Gasteiger partial charge is 0.0546 e. The first-order valence-corrected chi connectivity index (χ1v) is 5.10. The van der Waals surface area contributed by atoms with Crippen molar-refractivity contribution in [3.05, 3.63) is 18.0 Å². The second kappa shape index (κ2) is 4.11. The average molecular weight is 195 g/mol. The Bertz CT molecular complexity index is 291. The van der Waals surface area contributed by atoms with Crippen molar-refractivity contribution in [2.75, 3.05) is 6.54 Å². The van der Waals surface area contributed by atoms with E-state index in [0.717, 1.165) is 25.9 Å². The molecule has 0 saturated heterocycles.